The molecule has 0 aliphatic carbocycles. The zero-order valence-electron chi connectivity index (χ0n) is 53.6. The SMILES string of the molecule is CCCC/C=C\CCCCCCCC(=O)OCCCCCCCCCCCCCC/C=C\CCCCCCCCCCCCCC(=O)NC(CO)C(O)CCCCCCCCCCCCCCCCCCCCCCCCCC. The Morgan fingerprint density at radius 3 is 0.937 bits per heavy atom. The summed E-state index contributed by atoms with van der Waals surface area (Å²) in [7, 11) is 0. The summed E-state index contributed by atoms with van der Waals surface area (Å²) in [5.41, 5.74) is 0. The van der Waals surface area contributed by atoms with Crippen LogP contribution in [0.5, 0.6) is 0 Å². The molecule has 0 aromatic heterocycles. The molecule has 468 valence electrons. The molecule has 3 N–H and O–H groups in total. The van der Waals surface area contributed by atoms with Crippen LogP contribution in [-0.4, -0.2) is 47.4 Å². The number of aliphatic hydroxyl groups excluding tert-OH is 2. The molecule has 6 heteroatoms. The van der Waals surface area contributed by atoms with Crippen LogP contribution >= 0.6 is 0 Å². The third-order valence-corrected chi connectivity index (χ3v) is 17.0. The molecule has 2 atom stereocenters. The van der Waals surface area contributed by atoms with Gasteiger partial charge >= 0.3 is 5.97 Å². The number of rotatable bonds is 68. The molecule has 0 aromatic carbocycles. The Bertz CT molecular complexity index is 1230. The third kappa shape index (κ3) is 65.4. The lowest BCUT2D eigenvalue weighted by Gasteiger charge is -2.22. The number of hydrogen-bond donors (Lipinski definition) is 3. The van der Waals surface area contributed by atoms with Gasteiger partial charge in [0, 0.05) is 12.8 Å². The van der Waals surface area contributed by atoms with E-state index >= 15 is 0 Å². The predicted molar refractivity (Wildman–Crippen MR) is 347 cm³/mol. The van der Waals surface area contributed by atoms with Gasteiger partial charge in [0.15, 0.2) is 0 Å². The average Bonchev–Trinajstić information content (AvgIpc) is 3.45. The van der Waals surface area contributed by atoms with Gasteiger partial charge in [-0.05, 0) is 70.6 Å². The number of carbonyl (C=O) groups excluding carboxylic acids is 2. The van der Waals surface area contributed by atoms with E-state index in [2.05, 4.69) is 43.5 Å². The highest BCUT2D eigenvalue weighted by Crippen LogP contribution is 2.19. The van der Waals surface area contributed by atoms with Gasteiger partial charge in [-0.15, -0.1) is 0 Å². The van der Waals surface area contributed by atoms with Crippen LogP contribution in [0.4, 0.5) is 0 Å². The van der Waals surface area contributed by atoms with Crippen molar-refractivity contribution in [2.75, 3.05) is 13.2 Å². The number of carbonyl (C=O) groups is 2. The summed E-state index contributed by atoms with van der Waals surface area (Å²) < 4.78 is 5.47. The summed E-state index contributed by atoms with van der Waals surface area (Å²) >= 11 is 0. The highest BCUT2D eigenvalue weighted by molar-refractivity contribution is 5.76. The van der Waals surface area contributed by atoms with Gasteiger partial charge < -0.3 is 20.3 Å². The van der Waals surface area contributed by atoms with Crippen molar-refractivity contribution >= 4 is 11.9 Å². The highest BCUT2D eigenvalue weighted by atomic mass is 16.5. The van der Waals surface area contributed by atoms with Crippen molar-refractivity contribution in [3.63, 3.8) is 0 Å². The Morgan fingerprint density at radius 1 is 0.342 bits per heavy atom. The summed E-state index contributed by atoms with van der Waals surface area (Å²) in [6.45, 7) is 4.95. The molecule has 1 amide bonds. The molecule has 0 aliphatic heterocycles. The fourth-order valence-electron chi connectivity index (χ4n) is 11.4. The third-order valence-electron chi connectivity index (χ3n) is 17.0. The highest BCUT2D eigenvalue weighted by Gasteiger charge is 2.20. The van der Waals surface area contributed by atoms with E-state index in [9.17, 15) is 19.8 Å². The first-order valence-corrected chi connectivity index (χ1v) is 36.1. The topological polar surface area (TPSA) is 95.9 Å². The Balaban J connectivity index is 3.39. The van der Waals surface area contributed by atoms with Crippen LogP contribution in [0.15, 0.2) is 24.3 Å². The largest absolute Gasteiger partial charge is 0.466 e. The summed E-state index contributed by atoms with van der Waals surface area (Å²) in [6, 6.07) is -0.543. The van der Waals surface area contributed by atoms with Crippen molar-refractivity contribution in [2.24, 2.45) is 0 Å². The fourth-order valence-corrected chi connectivity index (χ4v) is 11.4. The van der Waals surface area contributed by atoms with E-state index in [0.29, 0.717) is 25.9 Å². The monoisotopic (exact) mass is 1110 g/mol. The number of ether oxygens (including phenoxy) is 1. The van der Waals surface area contributed by atoms with E-state index in [0.717, 1.165) is 44.9 Å². The quantitative estimate of drug-likeness (QED) is 0.0320. The van der Waals surface area contributed by atoms with Gasteiger partial charge in [0.1, 0.15) is 0 Å². The maximum Gasteiger partial charge on any atom is 0.305 e. The van der Waals surface area contributed by atoms with Crippen molar-refractivity contribution in [2.45, 2.75) is 418 Å². The Labute approximate surface area is 494 Å². The maximum atomic E-state index is 12.6. The Morgan fingerprint density at radius 2 is 0.608 bits per heavy atom. The zero-order chi connectivity index (χ0) is 57.1. The molecule has 2 unspecified atom stereocenters. The van der Waals surface area contributed by atoms with Gasteiger partial charge in [0.2, 0.25) is 5.91 Å². The molecular weight excluding hydrogens is 971 g/mol. The molecule has 0 saturated heterocycles. The lowest BCUT2D eigenvalue weighted by molar-refractivity contribution is -0.143. The standard InChI is InChI=1S/C73H141NO5/c1-3-5-7-9-11-13-15-16-17-18-19-20-21-27-30-33-36-39-42-46-49-53-57-61-65-71(76)70(69-75)74-72(77)66-62-58-54-50-47-43-40-37-34-31-28-25-23-22-24-26-29-32-35-38-41-44-48-52-56-60-64-68-79-73(78)67-63-59-55-51-45-14-12-10-8-6-4-2/h10,12,22-23,70-71,75-76H,3-9,11,13-21,24-69H2,1-2H3,(H,74,77)/b12-10-,23-22-. The van der Waals surface area contributed by atoms with E-state index in [1.54, 1.807) is 0 Å². The van der Waals surface area contributed by atoms with Crippen molar-refractivity contribution in [3.05, 3.63) is 24.3 Å². The molecule has 0 saturated carbocycles. The van der Waals surface area contributed by atoms with E-state index in [-0.39, 0.29) is 18.5 Å². The van der Waals surface area contributed by atoms with Gasteiger partial charge in [-0.1, -0.05) is 346 Å². The predicted octanol–water partition coefficient (Wildman–Crippen LogP) is 23.3. The summed E-state index contributed by atoms with van der Waals surface area (Å²) in [6.07, 6.45) is 86.6. The Kier molecular flexibility index (Phi) is 67.4. The van der Waals surface area contributed by atoms with Crippen molar-refractivity contribution < 1.29 is 24.5 Å². The van der Waals surface area contributed by atoms with Crippen LogP contribution in [-0.2, 0) is 14.3 Å². The minimum Gasteiger partial charge on any atom is -0.466 e. The minimum absolute atomic E-state index is 0.00473. The number of aliphatic hydroxyl groups is 2. The van der Waals surface area contributed by atoms with Crippen molar-refractivity contribution in [1.29, 1.82) is 0 Å². The Hall–Kier alpha value is -1.66. The van der Waals surface area contributed by atoms with Gasteiger partial charge in [-0.3, -0.25) is 9.59 Å². The van der Waals surface area contributed by atoms with Gasteiger partial charge in [0.05, 0.1) is 25.4 Å². The lowest BCUT2D eigenvalue weighted by Crippen LogP contribution is -2.45. The number of amides is 1. The summed E-state index contributed by atoms with van der Waals surface area (Å²) in [5, 5.41) is 23.5. The van der Waals surface area contributed by atoms with Crippen molar-refractivity contribution in [1.82, 2.24) is 5.32 Å². The van der Waals surface area contributed by atoms with Crippen LogP contribution in [0.1, 0.15) is 406 Å². The molecule has 0 bridgehead atoms. The smallest absolute Gasteiger partial charge is 0.305 e. The van der Waals surface area contributed by atoms with Crippen LogP contribution in [0.25, 0.3) is 0 Å². The summed E-state index contributed by atoms with van der Waals surface area (Å²) in [4.78, 5) is 24.6. The van der Waals surface area contributed by atoms with Crippen LogP contribution in [0.3, 0.4) is 0 Å². The second-order valence-corrected chi connectivity index (χ2v) is 24.9. The van der Waals surface area contributed by atoms with E-state index in [1.165, 1.54) is 327 Å². The fraction of sp³-hybridized carbons (Fsp3) is 0.918. The number of allylic oxidation sites excluding steroid dienone is 4. The van der Waals surface area contributed by atoms with Gasteiger partial charge in [-0.2, -0.15) is 0 Å². The molecule has 0 aliphatic rings. The first-order chi connectivity index (χ1) is 39.0. The molecule has 0 rings (SSSR count). The molecule has 0 spiro atoms. The molecule has 79 heavy (non-hydrogen) atoms. The number of hydrogen-bond acceptors (Lipinski definition) is 5. The normalized spacial score (nSPS) is 12.6. The van der Waals surface area contributed by atoms with Gasteiger partial charge in [0.25, 0.3) is 0 Å². The first-order valence-electron chi connectivity index (χ1n) is 36.1. The van der Waals surface area contributed by atoms with Crippen LogP contribution in [0.2, 0.25) is 0 Å². The maximum absolute atomic E-state index is 12.6. The van der Waals surface area contributed by atoms with Crippen molar-refractivity contribution in [3.8, 4) is 0 Å². The van der Waals surface area contributed by atoms with Gasteiger partial charge in [-0.25, -0.2) is 0 Å². The van der Waals surface area contributed by atoms with E-state index in [4.69, 9.17) is 4.74 Å². The molecule has 6 nitrogen and oxygen atoms in total. The van der Waals surface area contributed by atoms with Crippen LogP contribution < -0.4 is 5.32 Å². The molecule has 0 heterocycles. The number of nitrogens with one attached hydrogen (secondary N) is 1. The van der Waals surface area contributed by atoms with Crippen LogP contribution in [0, 0.1) is 0 Å². The zero-order valence-corrected chi connectivity index (χ0v) is 53.6. The van der Waals surface area contributed by atoms with E-state index < -0.39 is 12.1 Å². The minimum atomic E-state index is -0.666. The first kappa shape index (κ1) is 77.3. The average molecular weight is 1110 g/mol. The lowest BCUT2D eigenvalue weighted by atomic mass is 10.0. The molecule has 0 fully saturated rings. The number of esters is 1. The van der Waals surface area contributed by atoms with E-state index in [1.807, 2.05) is 0 Å². The number of unbranched alkanes of at least 4 members (excludes halogenated alkanes) is 53. The molecule has 0 aromatic rings. The summed E-state index contributed by atoms with van der Waals surface area (Å²) in [5.74, 6) is -0.0261. The second-order valence-electron chi connectivity index (χ2n) is 24.9. The molecular formula is C73H141NO5. The molecule has 0 radical (unpaired) electrons. The second kappa shape index (κ2) is 68.8.